The number of ether oxygens (including phenoxy) is 2. The van der Waals surface area contributed by atoms with Crippen LogP contribution in [0.4, 0.5) is 0 Å². The summed E-state index contributed by atoms with van der Waals surface area (Å²) in [7, 11) is 1.70. The van der Waals surface area contributed by atoms with E-state index in [0.717, 1.165) is 44.0 Å². The number of aryl methyl sites for hydroxylation is 1. The Labute approximate surface area is 158 Å². The van der Waals surface area contributed by atoms with E-state index in [1.54, 1.807) is 7.11 Å². The molecule has 0 bridgehead atoms. The molecule has 142 valence electrons. The predicted molar refractivity (Wildman–Crippen MR) is 109 cm³/mol. The average molecular weight is 356 g/mol. The first-order valence-corrected chi connectivity index (χ1v) is 9.79. The molecule has 0 unspecified atom stereocenters. The highest BCUT2D eigenvalue weighted by Crippen LogP contribution is 2.28. The van der Waals surface area contributed by atoms with Gasteiger partial charge in [-0.25, -0.2) is 0 Å². The van der Waals surface area contributed by atoms with Gasteiger partial charge in [-0.1, -0.05) is 56.5 Å². The lowest BCUT2D eigenvalue weighted by atomic mass is 10.1. The SMILES string of the molecule is CCCCCCOc1ccc(CNCCc2ccccc2C)cc1OC. The molecular weight excluding hydrogens is 322 g/mol. The monoisotopic (exact) mass is 355 g/mol. The molecule has 0 heterocycles. The molecule has 1 N–H and O–H groups in total. The van der Waals surface area contributed by atoms with Crippen LogP contribution >= 0.6 is 0 Å². The van der Waals surface area contributed by atoms with Crippen LogP contribution in [0.5, 0.6) is 11.5 Å². The minimum atomic E-state index is 0.754. The van der Waals surface area contributed by atoms with Crippen LogP contribution in [0.15, 0.2) is 42.5 Å². The van der Waals surface area contributed by atoms with Crippen molar-refractivity contribution >= 4 is 0 Å². The molecule has 0 aliphatic carbocycles. The lowest BCUT2D eigenvalue weighted by molar-refractivity contribution is 0.285. The second-order valence-electron chi connectivity index (χ2n) is 6.75. The Hall–Kier alpha value is -2.00. The molecule has 0 aliphatic heterocycles. The summed E-state index contributed by atoms with van der Waals surface area (Å²) in [5, 5.41) is 3.52. The van der Waals surface area contributed by atoms with Crippen LogP contribution in [0, 0.1) is 6.92 Å². The van der Waals surface area contributed by atoms with Crippen molar-refractivity contribution in [1.82, 2.24) is 5.32 Å². The van der Waals surface area contributed by atoms with E-state index < -0.39 is 0 Å². The van der Waals surface area contributed by atoms with Crippen LogP contribution in [0.25, 0.3) is 0 Å². The van der Waals surface area contributed by atoms with Crippen LogP contribution < -0.4 is 14.8 Å². The van der Waals surface area contributed by atoms with E-state index in [2.05, 4.69) is 55.6 Å². The molecule has 0 atom stereocenters. The lowest BCUT2D eigenvalue weighted by Gasteiger charge is -2.13. The first-order valence-electron chi connectivity index (χ1n) is 9.79. The van der Waals surface area contributed by atoms with Crippen LogP contribution in [0.3, 0.4) is 0 Å². The first kappa shape index (κ1) is 20.3. The third kappa shape index (κ3) is 6.72. The van der Waals surface area contributed by atoms with Gasteiger partial charge < -0.3 is 14.8 Å². The van der Waals surface area contributed by atoms with E-state index in [-0.39, 0.29) is 0 Å². The Kier molecular flexibility index (Phi) is 9.05. The second-order valence-corrected chi connectivity index (χ2v) is 6.75. The van der Waals surface area contributed by atoms with Crippen LogP contribution in [0.2, 0.25) is 0 Å². The van der Waals surface area contributed by atoms with Crippen molar-refractivity contribution in [2.75, 3.05) is 20.3 Å². The quantitative estimate of drug-likeness (QED) is 0.524. The molecule has 3 heteroatoms. The average Bonchev–Trinajstić information content (AvgIpc) is 2.67. The fraction of sp³-hybridized carbons (Fsp3) is 0.478. The zero-order valence-corrected chi connectivity index (χ0v) is 16.5. The van der Waals surface area contributed by atoms with Crippen molar-refractivity contribution in [3.8, 4) is 11.5 Å². The number of nitrogens with one attached hydrogen (secondary N) is 1. The summed E-state index contributed by atoms with van der Waals surface area (Å²) >= 11 is 0. The third-order valence-electron chi connectivity index (χ3n) is 4.64. The number of hydrogen-bond acceptors (Lipinski definition) is 3. The third-order valence-corrected chi connectivity index (χ3v) is 4.64. The molecule has 0 aromatic heterocycles. The highest BCUT2D eigenvalue weighted by atomic mass is 16.5. The summed E-state index contributed by atoms with van der Waals surface area (Å²) in [4.78, 5) is 0. The van der Waals surface area contributed by atoms with Crippen LogP contribution in [-0.4, -0.2) is 20.3 Å². The minimum Gasteiger partial charge on any atom is -0.493 e. The molecule has 2 rings (SSSR count). The minimum absolute atomic E-state index is 0.754. The molecule has 0 spiro atoms. The van der Waals surface area contributed by atoms with Crippen molar-refractivity contribution in [3.05, 3.63) is 59.2 Å². The summed E-state index contributed by atoms with van der Waals surface area (Å²) in [5.41, 5.74) is 3.98. The Morgan fingerprint density at radius 2 is 1.81 bits per heavy atom. The van der Waals surface area contributed by atoms with E-state index in [1.165, 1.54) is 36.0 Å². The second kappa shape index (κ2) is 11.6. The van der Waals surface area contributed by atoms with Crippen molar-refractivity contribution < 1.29 is 9.47 Å². The van der Waals surface area contributed by atoms with Gasteiger partial charge in [-0.15, -0.1) is 0 Å². The van der Waals surface area contributed by atoms with E-state index in [1.807, 2.05) is 6.07 Å². The molecule has 3 nitrogen and oxygen atoms in total. The zero-order chi connectivity index (χ0) is 18.6. The van der Waals surface area contributed by atoms with Crippen molar-refractivity contribution in [2.24, 2.45) is 0 Å². The number of methoxy groups -OCH3 is 1. The van der Waals surface area contributed by atoms with Gasteiger partial charge in [0.05, 0.1) is 13.7 Å². The Morgan fingerprint density at radius 3 is 2.58 bits per heavy atom. The number of unbranched alkanes of at least 4 members (excludes halogenated alkanes) is 3. The van der Waals surface area contributed by atoms with Gasteiger partial charge in [-0.3, -0.25) is 0 Å². The van der Waals surface area contributed by atoms with E-state index >= 15 is 0 Å². The summed E-state index contributed by atoms with van der Waals surface area (Å²) in [6.45, 7) is 6.94. The molecular formula is C23H33NO2. The van der Waals surface area contributed by atoms with Gasteiger partial charge >= 0.3 is 0 Å². The fourth-order valence-corrected chi connectivity index (χ4v) is 3.00. The maximum absolute atomic E-state index is 5.88. The largest absolute Gasteiger partial charge is 0.493 e. The molecule has 0 saturated heterocycles. The molecule has 2 aromatic rings. The van der Waals surface area contributed by atoms with Crippen molar-refractivity contribution in [2.45, 2.75) is 52.5 Å². The van der Waals surface area contributed by atoms with Gasteiger partial charge in [0, 0.05) is 6.54 Å². The maximum Gasteiger partial charge on any atom is 0.161 e. The molecule has 26 heavy (non-hydrogen) atoms. The van der Waals surface area contributed by atoms with Gasteiger partial charge in [0.2, 0.25) is 0 Å². The molecule has 2 aromatic carbocycles. The lowest BCUT2D eigenvalue weighted by Crippen LogP contribution is -2.17. The topological polar surface area (TPSA) is 30.5 Å². The van der Waals surface area contributed by atoms with Crippen molar-refractivity contribution in [1.29, 1.82) is 0 Å². The summed E-state index contributed by atoms with van der Waals surface area (Å²) in [6.07, 6.45) is 5.88. The number of rotatable bonds is 12. The van der Waals surface area contributed by atoms with Crippen LogP contribution in [-0.2, 0) is 13.0 Å². The fourth-order valence-electron chi connectivity index (χ4n) is 3.00. The van der Waals surface area contributed by atoms with Crippen molar-refractivity contribution in [3.63, 3.8) is 0 Å². The van der Waals surface area contributed by atoms with Gasteiger partial charge in [-0.05, 0) is 55.1 Å². The number of hydrogen-bond donors (Lipinski definition) is 1. The van der Waals surface area contributed by atoms with Crippen LogP contribution in [0.1, 0.15) is 49.3 Å². The summed E-state index contributed by atoms with van der Waals surface area (Å²) in [6, 6.07) is 14.8. The highest BCUT2D eigenvalue weighted by Gasteiger charge is 2.06. The van der Waals surface area contributed by atoms with Gasteiger partial charge in [0.15, 0.2) is 11.5 Å². The molecule has 0 aliphatic rings. The Balaban J connectivity index is 1.78. The van der Waals surface area contributed by atoms with E-state index in [9.17, 15) is 0 Å². The smallest absolute Gasteiger partial charge is 0.161 e. The zero-order valence-electron chi connectivity index (χ0n) is 16.5. The molecule has 0 radical (unpaired) electrons. The summed E-state index contributed by atoms with van der Waals surface area (Å²) in [5.74, 6) is 1.66. The number of benzene rings is 2. The Morgan fingerprint density at radius 1 is 0.962 bits per heavy atom. The van der Waals surface area contributed by atoms with Gasteiger partial charge in [0.25, 0.3) is 0 Å². The van der Waals surface area contributed by atoms with E-state index in [0.29, 0.717) is 0 Å². The summed E-state index contributed by atoms with van der Waals surface area (Å²) < 4.78 is 11.4. The normalized spacial score (nSPS) is 10.7. The first-order chi connectivity index (χ1) is 12.7. The molecule has 0 fully saturated rings. The maximum atomic E-state index is 5.88. The Bertz CT molecular complexity index is 654. The van der Waals surface area contributed by atoms with E-state index in [4.69, 9.17) is 9.47 Å². The van der Waals surface area contributed by atoms with Gasteiger partial charge in [-0.2, -0.15) is 0 Å². The standard InChI is InChI=1S/C23H33NO2/c1-4-5-6-9-16-26-22-13-12-20(17-23(22)25-3)18-24-15-14-21-11-8-7-10-19(21)2/h7-8,10-13,17,24H,4-6,9,14-16,18H2,1-3H3. The van der Waals surface area contributed by atoms with Gasteiger partial charge in [0.1, 0.15) is 0 Å². The molecule has 0 saturated carbocycles. The highest BCUT2D eigenvalue weighted by molar-refractivity contribution is 5.43. The molecule has 0 amide bonds. The predicted octanol–water partition coefficient (Wildman–Crippen LogP) is 5.30.